The highest BCUT2D eigenvalue weighted by atomic mass is 19.1. The number of likely N-dealkylation sites (N-methyl/N-ethyl adjacent to an activating group) is 1. The van der Waals surface area contributed by atoms with Crippen LogP contribution in [0.15, 0.2) is 24.3 Å². The third-order valence-corrected chi connectivity index (χ3v) is 3.84. The lowest BCUT2D eigenvalue weighted by Crippen LogP contribution is -2.35. The minimum Gasteiger partial charge on any atom is -0.354 e. The molecule has 0 aliphatic heterocycles. The van der Waals surface area contributed by atoms with E-state index in [1.807, 2.05) is 0 Å². The number of rotatable bonds is 5. The number of ketones is 1. The molecular formula is C18H20FN3O3. The Hall–Kier alpha value is -2.96. The zero-order chi connectivity index (χ0) is 18.7. The van der Waals surface area contributed by atoms with Crippen molar-refractivity contribution in [3.05, 3.63) is 52.6 Å². The van der Waals surface area contributed by atoms with Crippen molar-refractivity contribution >= 4 is 23.3 Å². The molecule has 0 atom stereocenters. The van der Waals surface area contributed by atoms with Crippen molar-refractivity contribution in [2.24, 2.45) is 0 Å². The van der Waals surface area contributed by atoms with E-state index in [9.17, 15) is 18.8 Å². The maximum Gasteiger partial charge on any atom is 0.270 e. The minimum atomic E-state index is -0.462. The second kappa shape index (κ2) is 7.29. The van der Waals surface area contributed by atoms with E-state index in [1.165, 1.54) is 37.1 Å². The number of carbonyl (C=O) groups is 3. The molecule has 1 heterocycles. The summed E-state index contributed by atoms with van der Waals surface area (Å²) in [5.41, 5.74) is 2.26. The van der Waals surface area contributed by atoms with Gasteiger partial charge in [-0.15, -0.1) is 0 Å². The van der Waals surface area contributed by atoms with Crippen LogP contribution in [0, 0.1) is 19.7 Å². The topological polar surface area (TPSA) is 82.3 Å². The molecule has 0 aliphatic carbocycles. The van der Waals surface area contributed by atoms with Gasteiger partial charge in [0.05, 0.1) is 6.54 Å². The summed E-state index contributed by atoms with van der Waals surface area (Å²) in [6, 6.07) is 5.50. The van der Waals surface area contributed by atoms with E-state index in [4.69, 9.17) is 0 Å². The standard InChI is InChI=1S/C18H20FN3O3/c1-10-16(12(3)23)11(2)20-17(10)18(25)22(4)9-15(24)21-14-7-5-6-13(19)8-14/h5-8,20H,9H2,1-4H3,(H,21,24). The van der Waals surface area contributed by atoms with Gasteiger partial charge in [0, 0.05) is 24.0 Å². The van der Waals surface area contributed by atoms with E-state index in [0.717, 1.165) is 0 Å². The fourth-order valence-corrected chi connectivity index (χ4v) is 2.74. The van der Waals surface area contributed by atoms with Gasteiger partial charge in [-0.1, -0.05) is 6.07 Å². The number of carbonyl (C=O) groups excluding carboxylic acids is 3. The Bertz CT molecular complexity index is 842. The minimum absolute atomic E-state index is 0.128. The Morgan fingerprint density at radius 3 is 2.48 bits per heavy atom. The predicted molar refractivity (Wildman–Crippen MR) is 92.3 cm³/mol. The van der Waals surface area contributed by atoms with Crippen molar-refractivity contribution < 1.29 is 18.8 Å². The van der Waals surface area contributed by atoms with Crippen molar-refractivity contribution in [1.29, 1.82) is 0 Å². The summed E-state index contributed by atoms with van der Waals surface area (Å²) < 4.78 is 13.1. The van der Waals surface area contributed by atoms with Crippen LogP contribution in [0.2, 0.25) is 0 Å². The van der Waals surface area contributed by atoms with Crippen LogP contribution in [-0.2, 0) is 4.79 Å². The molecule has 2 amide bonds. The third-order valence-electron chi connectivity index (χ3n) is 3.84. The predicted octanol–water partition coefficient (Wildman–Crippen LogP) is 2.68. The number of anilines is 1. The molecule has 0 unspecified atom stereocenters. The Labute approximate surface area is 145 Å². The Kier molecular flexibility index (Phi) is 5.36. The average Bonchev–Trinajstić information content (AvgIpc) is 2.81. The summed E-state index contributed by atoms with van der Waals surface area (Å²) >= 11 is 0. The molecule has 25 heavy (non-hydrogen) atoms. The largest absolute Gasteiger partial charge is 0.354 e. The van der Waals surface area contributed by atoms with E-state index in [1.54, 1.807) is 19.9 Å². The number of benzene rings is 1. The molecule has 1 aromatic carbocycles. The number of hydrogen-bond donors (Lipinski definition) is 2. The zero-order valence-corrected chi connectivity index (χ0v) is 14.6. The number of aryl methyl sites for hydroxylation is 1. The van der Waals surface area contributed by atoms with Crippen molar-refractivity contribution in [3.63, 3.8) is 0 Å². The molecule has 0 fully saturated rings. The van der Waals surface area contributed by atoms with Crippen LogP contribution < -0.4 is 5.32 Å². The second-order valence-corrected chi connectivity index (χ2v) is 5.90. The van der Waals surface area contributed by atoms with Crippen molar-refractivity contribution in [2.45, 2.75) is 20.8 Å². The monoisotopic (exact) mass is 345 g/mol. The lowest BCUT2D eigenvalue weighted by Gasteiger charge is -2.16. The number of aromatic amines is 1. The first-order chi connectivity index (χ1) is 11.7. The van der Waals surface area contributed by atoms with E-state index >= 15 is 0 Å². The maximum atomic E-state index is 13.1. The molecule has 0 aliphatic rings. The molecule has 0 spiro atoms. The van der Waals surface area contributed by atoms with Crippen molar-refractivity contribution in [3.8, 4) is 0 Å². The molecule has 0 saturated carbocycles. The van der Waals surface area contributed by atoms with Gasteiger partial charge < -0.3 is 15.2 Å². The first-order valence-electron chi connectivity index (χ1n) is 7.71. The van der Waals surface area contributed by atoms with Crippen LogP contribution >= 0.6 is 0 Å². The van der Waals surface area contributed by atoms with E-state index in [-0.39, 0.29) is 18.0 Å². The van der Waals surface area contributed by atoms with Gasteiger partial charge in [0.2, 0.25) is 5.91 Å². The molecule has 2 aromatic rings. The van der Waals surface area contributed by atoms with Crippen LogP contribution in [0.5, 0.6) is 0 Å². The fraction of sp³-hybridized carbons (Fsp3) is 0.278. The highest BCUT2D eigenvalue weighted by Gasteiger charge is 2.23. The number of aromatic nitrogens is 1. The molecule has 7 heteroatoms. The summed E-state index contributed by atoms with van der Waals surface area (Å²) in [7, 11) is 1.48. The van der Waals surface area contributed by atoms with Crippen LogP contribution in [-0.4, -0.2) is 41.1 Å². The summed E-state index contributed by atoms with van der Waals surface area (Å²) in [6.45, 7) is 4.64. The maximum absolute atomic E-state index is 13.1. The van der Waals surface area contributed by atoms with Crippen LogP contribution in [0.1, 0.15) is 39.0 Å². The van der Waals surface area contributed by atoms with Gasteiger partial charge in [0.1, 0.15) is 11.5 Å². The Morgan fingerprint density at radius 1 is 1.24 bits per heavy atom. The molecule has 2 N–H and O–H groups in total. The summed E-state index contributed by atoms with van der Waals surface area (Å²) in [4.78, 5) is 40.4. The molecule has 6 nitrogen and oxygen atoms in total. The van der Waals surface area contributed by atoms with Crippen LogP contribution in [0.25, 0.3) is 0 Å². The van der Waals surface area contributed by atoms with Crippen LogP contribution in [0.3, 0.4) is 0 Å². The number of nitrogens with zero attached hydrogens (tertiary/aromatic N) is 1. The van der Waals surface area contributed by atoms with E-state index in [2.05, 4.69) is 10.3 Å². The summed E-state index contributed by atoms with van der Waals surface area (Å²) in [5, 5.41) is 2.53. The van der Waals surface area contributed by atoms with E-state index in [0.29, 0.717) is 22.5 Å². The first kappa shape index (κ1) is 18.4. The smallest absolute Gasteiger partial charge is 0.270 e. The molecule has 1 aromatic heterocycles. The average molecular weight is 345 g/mol. The number of halogens is 1. The second-order valence-electron chi connectivity index (χ2n) is 5.90. The van der Waals surface area contributed by atoms with Gasteiger partial charge >= 0.3 is 0 Å². The number of nitrogens with one attached hydrogen (secondary N) is 2. The summed E-state index contributed by atoms with van der Waals surface area (Å²) in [6.07, 6.45) is 0. The highest BCUT2D eigenvalue weighted by molar-refractivity contribution is 6.03. The third kappa shape index (κ3) is 4.12. The van der Waals surface area contributed by atoms with Gasteiger partial charge in [0.25, 0.3) is 5.91 Å². The number of amides is 2. The normalized spacial score (nSPS) is 10.4. The summed E-state index contributed by atoms with van der Waals surface area (Å²) in [5.74, 6) is -1.44. The van der Waals surface area contributed by atoms with Crippen molar-refractivity contribution in [1.82, 2.24) is 9.88 Å². The van der Waals surface area contributed by atoms with Gasteiger partial charge in [-0.25, -0.2) is 4.39 Å². The molecule has 0 saturated heterocycles. The zero-order valence-electron chi connectivity index (χ0n) is 14.6. The SMILES string of the molecule is CC(=O)c1c(C)[nH]c(C(=O)N(C)CC(=O)Nc2cccc(F)c2)c1C. The molecule has 0 bridgehead atoms. The lowest BCUT2D eigenvalue weighted by molar-refractivity contribution is -0.116. The van der Waals surface area contributed by atoms with Crippen molar-refractivity contribution in [2.75, 3.05) is 18.9 Å². The lowest BCUT2D eigenvalue weighted by atomic mass is 10.1. The number of H-pyrrole nitrogens is 1. The van der Waals surface area contributed by atoms with Crippen LogP contribution in [0.4, 0.5) is 10.1 Å². The Balaban J connectivity index is 2.09. The molecule has 0 radical (unpaired) electrons. The van der Waals surface area contributed by atoms with Gasteiger partial charge in [0.15, 0.2) is 5.78 Å². The number of hydrogen-bond acceptors (Lipinski definition) is 3. The van der Waals surface area contributed by atoms with Gasteiger partial charge in [-0.3, -0.25) is 14.4 Å². The number of Topliss-reactive ketones (excluding diaryl/α,β-unsaturated/α-hetero) is 1. The quantitative estimate of drug-likeness (QED) is 0.818. The first-order valence-corrected chi connectivity index (χ1v) is 7.71. The van der Waals surface area contributed by atoms with E-state index < -0.39 is 17.6 Å². The van der Waals surface area contributed by atoms with Gasteiger partial charge in [-0.2, -0.15) is 0 Å². The molecular weight excluding hydrogens is 325 g/mol. The highest BCUT2D eigenvalue weighted by Crippen LogP contribution is 2.19. The molecule has 132 valence electrons. The van der Waals surface area contributed by atoms with Gasteiger partial charge in [-0.05, 0) is 44.5 Å². The molecule has 2 rings (SSSR count). The fourth-order valence-electron chi connectivity index (χ4n) is 2.74. The Morgan fingerprint density at radius 2 is 1.92 bits per heavy atom.